The standard InChI is InChI=1S/C19H21N5O3/c1-3-20-9-10-23-15-7-8-16(24(25)26)19-17(15)18(22-23)13-11-12(27-4-2)5-6-14(13)21-19/h5-8,11,20-21H,3-4,9-10H2,1-2H3. The zero-order valence-corrected chi connectivity index (χ0v) is 15.3. The first-order valence-electron chi connectivity index (χ1n) is 9.07. The third-order valence-electron chi connectivity index (χ3n) is 4.66. The van der Waals surface area contributed by atoms with Gasteiger partial charge in [0.15, 0.2) is 0 Å². The normalized spacial score (nSPS) is 11.9. The molecule has 0 unspecified atom stereocenters. The van der Waals surface area contributed by atoms with Gasteiger partial charge in [0.2, 0.25) is 0 Å². The van der Waals surface area contributed by atoms with Crippen molar-refractivity contribution in [3.8, 4) is 17.0 Å². The number of hydrogen-bond donors (Lipinski definition) is 2. The van der Waals surface area contributed by atoms with Crippen LogP contribution in [0.4, 0.5) is 17.1 Å². The van der Waals surface area contributed by atoms with Crippen molar-refractivity contribution in [2.45, 2.75) is 20.4 Å². The van der Waals surface area contributed by atoms with Gasteiger partial charge in [0.25, 0.3) is 5.69 Å². The number of aromatic nitrogens is 2. The Bertz CT molecular complexity index is 1030. The predicted molar refractivity (Wildman–Crippen MR) is 105 cm³/mol. The second-order valence-electron chi connectivity index (χ2n) is 6.30. The van der Waals surface area contributed by atoms with Crippen LogP contribution < -0.4 is 15.4 Å². The lowest BCUT2D eigenvalue weighted by Crippen LogP contribution is -2.19. The highest BCUT2D eigenvalue weighted by atomic mass is 16.6. The summed E-state index contributed by atoms with van der Waals surface area (Å²) in [5.41, 5.74) is 3.85. The summed E-state index contributed by atoms with van der Waals surface area (Å²) < 4.78 is 7.53. The summed E-state index contributed by atoms with van der Waals surface area (Å²) in [6.45, 7) is 6.90. The Morgan fingerprint density at radius 2 is 2.15 bits per heavy atom. The highest BCUT2D eigenvalue weighted by Crippen LogP contribution is 2.47. The van der Waals surface area contributed by atoms with E-state index in [1.807, 2.05) is 29.8 Å². The summed E-state index contributed by atoms with van der Waals surface area (Å²) in [6.07, 6.45) is 0. The van der Waals surface area contributed by atoms with Gasteiger partial charge in [-0.25, -0.2) is 0 Å². The monoisotopic (exact) mass is 367 g/mol. The highest BCUT2D eigenvalue weighted by Gasteiger charge is 2.29. The second-order valence-corrected chi connectivity index (χ2v) is 6.30. The fraction of sp³-hybridized carbons (Fsp3) is 0.316. The van der Waals surface area contributed by atoms with Gasteiger partial charge >= 0.3 is 0 Å². The third kappa shape index (κ3) is 2.87. The fourth-order valence-corrected chi connectivity index (χ4v) is 3.48. The largest absolute Gasteiger partial charge is 0.494 e. The number of ether oxygens (including phenoxy) is 1. The van der Waals surface area contributed by atoms with Crippen LogP contribution in [0.1, 0.15) is 13.8 Å². The number of nitro groups is 1. The third-order valence-corrected chi connectivity index (χ3v) is 4.66. The quantitative estimate of drug-likeness (QED) is 0.294. The van der Waals surface area contributed by atoms with Crippen LogP contribution in [0, 0.1) is 10.1 Å². The average molecular weight is 367 g/mol. The first kappa shape index (κ1) is 17.3. The molecule has 0 saturated heterocycles. The van der Waals surface area contributed by atoms with Crippen LogP contribution in [-0.4, -0.2) is 34.4 Å². The smallest absolute Gasteiger partial charge is 0.293 e. The van der Waals surface area contributed by atoms with E-state index in [1.165, 1.54) is 0 Å². The molecule has 8 nitrogen and oxygen atoms in total. The zero-order valence-electron chi connectivity index (χ0n) is 15.3. The van der Waals surface area contributed by atoms with Gasteiger partial charge in [-0.05, 0) is 37.7 Å². The lowest BCUT2D eigenvalue weighted by Gasteiger charge is -2.18. The van der Waals surface area contributed by atoms with Crippen LogP contribution in [-0.2, 0) is 6.54 Å². The Hall–Kier alpha value is -3.13. The molecule has 2 heterocycles. The molecule has 140 valence electrons. The van der Waals surface area contributed by atoms with Gasteiger partial charge in [0, 0.05) is 23.9 Å². The molecule has 0 spiro atoms. The molecule has 2 aromatic carbocycles. The number of hydrogen-bond acceptors (Lipinski definition) is 6. The molecule has 0 radical (unpaired) electrons. The van der Waals surface area contributed by atoms with Gasteiger partial charge in [0.1, 0.15) is 17.1 Å². The van der Waals surface area contributed by atoms with E-state index in [0.717, 1.165) is 46.7 Å². The van der Waals surface area contributed by atoms with Gasteiger partial charge in [-0.15, -0.1) is 0 Å². The number of anilines is 2. The SMILES string of the molecule is CCNCCn1nc2c3c(c([N+](=O)[O-])ccc31)Nc1ccc(OCC)cc1-2. The highest BCUT2D eigenvalue weighted by molar-refractivity contribution is 6.12. The average Bonchev–Trinajstić information content (AvgIpc) is 3.03. The molecule has 0 fully saturated rings. The maximum atomic E-state index is 11.5. The predicted octanol–water partition coefficient (Wildman–Crippen LogP) is 3.68. The van der Waals surface area contributed by atoms with Crippen LogP contribution in [0.3, 0.4) is 0 Å². The van der Waals surface area contributed by atoms with Crippen LogP contribution in [0.15, 0.2) is 30.3 Å². The van der Waals surface area contributed by atoms with Crippen molar-refractivity contribution in [1.29, 1.82) is 0 Å². The molecule has 0 aliphatic carbocycles. The van der Waals surface area contributed by atoms with Gasteiger partial charge in [-0.3, -0.25) is 14.8 Å². The number of nitro benzene ring substituents is 1. The van der Waals surface area contributed by atoms with E-state index in [9.17, 15) is 10.1 Å². The van der Waals surface area contributed by atoms with Crippen LogP contribution >= 0.6 is 0 Å². The summed E-state index contributed by atoms with van der Waals surface area (Å²) in [7, 11) is 0. The first-order valence-corrected chi connectivity index (χ1v) is 9.07. The van der Waals surface area contributed by atoms with Crippen molar-refractivity contribution in [2.75, 3.05) is 25.0 Å². The van der Waals surface area contributed by atoms with E-state index in [-0.39, 0.29) is 10.6 Å². The fourth-order valence-electron chi connectivity index (χ4n) is 3.48. The summed E-state index contributed by atoms with van der Waals surface area (Å²) in [6, 6.07) is 8.99. The lowest BCUT2D eigenvalue weighted by atomic mass is 9.99. The van der Waals surface area contributed by atoms with Gasteiger partial charge in [-0.1, -0.05) is 6.92 Å². The van der Waals surface area contributed by atoms with Gasteiger partial charge in [-0.2, -0.15) is 5.10 Å². The Balaban J connectivity index is 1.92. The number of rotatable bonds is 7. The molecule has 0 atom stereocenters. The Morgan fingerprint density at radius 3 is 2.89 bits per heavy atom. The van der Waals surface area contributed by atoms with E-state index in [1.54, 1.807) is 12.1 Å². The molecule has 1 aromatic heterocycles. The maximum absolute atomic E-state index is 11.5. The number of nitrogens with zero attached hydrogens (tertiary/aromatic N) is 3. The number of nitrogens with one attached hydrogen (secondary N) is 2. The minimum atomic E-state index is -0.360. The Labute approximate surface area is 156 Å². The molecular formula is C19H21N5O3. The molecule has 1 aliphatic rings. The van der Waals surface area contributed by atoms with Crippen LogP contribution in [0.25, 0.3) is 22.2 Å². The summed E-state index contributed by atoms with van der Waals surface area (Å²) in [4.78, 5) is 11.2. The van der Waals surface area contributed by atoms with Crippen molar-refractivity contribution in [2.24, 2.45) is 0 Å². The molecule has 27 heavy (non-hydrogen) atoms. The molecule has 1 aliphatic heterocycles. The van der Waals surface area contributed by atoms with Gasteiger partial charge in [0.05, 0.1) is 29.0 Å². The summed E-state index contributed by atoms with van der Waals surface area (Å²) in [5, 5.41) is 23.6. The molecule has 0 bridgehead atoms. The molecular weight excluding hydrogens is 346 g/mol. The molecule has 4 rings (SSSR count). The van der Waals surface area contributed by atoms with E-state index < -0.39 is 0 Å². The number of likely N-dealkylation sites (N-methyl/N-ethyl adjacent to an activating group) is 1. The number of benzene rings is 2. The Kier molecular flexibility index (Phi) is 4.41. The second kappa shape index (κ2) is 6.88. The summed E-state index contributed by atoms with van der Waals surface area (Å²) in [5.74, 6) is 0.752. The topological polar surface area (TPSA) is 94.2 Å². The number of fused-ring (bicyclic) bond motifs is 2. The van der Waals surface area contributed by atoms with E-state index in [2.05, 4.69) is 17.6 Å². The van der Waals surface area contributed by atoms with Crippen molar-refractivity contribution in [3.63, 3.8) is 0 Å². The molecule has 2 N–H and O–H groups in total. The van der Waals surface area contributed by atoms with E-state index >= 15 is 0 Å². The van der Waals surface area contributed by atoms with Crippen LogP contribution in [0.5, 0.6) is 5.75 Å². The van der Waals surface area contributed by atoms with Crippen LogP contribution in [0.2, 0.25) is 0 Å². The van der Waals surface area contributed by atoms with Crippen molar-refractivity contribution >= 4 is 28.0 Å². The zero-order chi connectivity index (χ0) is 19.0. The van der Waals surface area contributed by atoms with Crippen molar-refractivity contribution in [1.82, 2.24) is 15.1 Å². The molecule has 3 aromatic rings. The lowest BCUT2D eigenvalue weighted by molar-refractivity contribution is -0.383. The minimum Gasteiger partial charge on any atom is -0.494 e. The van der Waals surface area contributed by atoms with Crippen molar-refractivity contribution in [3.05, 3.63) is 40.4 Å². The molecule has 8 heteroatoms. The van der Waals surface area contributed by atoms with E-state index in [4.69, 9.17) is 9.84 Å². The summed E-state index contributed by atoms with van der Waals surface area (Å²) >= 11 is 0. The maximum Gasteiger partial charge on any atom is 0.293 e. The van der Waals surface area contributed by atoms with E-state index in [0.29, 0.717) is 18.8 Å². The van der Waals surface area contributed by atoms with Crippen molar-refractivity contribution < 1.29 is 9.66 Å². The minimum absolute atomic E-state index is 0.0505. The Morgan fingerprint density at radius 1 is 1.30 bits per heavy atom. The molecule has 0 saturated carbocycles. The first-order chi connectivity index (χ1) is 13.1. The molecule has 0 amide bonds. The van der Waals surface area contributed by atoms with Gasteiger partial charge < -0.3 is 15.4 Å².